The fourth-order valence-corrected chi connectivity index (χ4v) is 3.08. The molecule has 1 aromatic carbocycles. The Morgan fingerprint density at radius 2 is 2.09 bits per heavy atom. The lowest BCUT2D eigenvalue weighted by atomic mass is 10.2. The lowest BCUT2D eigenvalue weighted by Crippen LogP contribution is -2.42. The zero-order chi connectivity index (χ0) is 16.4. The molecular formula is C13H10ClFN2O4S. The summed E-state index contributed by atoms with van der Waals surface area (Å²) in [4.78, 5) is 34.1. The van der Waals surface area contributed by atoms with Crippen LogP contribution >= 0.6 is 22.9 Å². The molecule has 0 saturated heterocycles. The summed E-state index contributed by atoms with van der Waals surface area (Å²) in [7, 11) is 0. The van der Waals surface area contributed by atoms with E-state index in [1.54, 1.807) is 5.32 Å². The number of benzene rings is 1. The van der Waals surface area contributed by atoms with E-state index < -0.39 is 29.8 Å². The van der Waals surface area contributed by atoms with Crippen LogP contribution in [0.15, 0.2) is 18.2 Å². The standard InChI is InChI=1S/C13H10ClFN2O4S/c1-5(11(18)17-13(16)20)21-12(19)10-9(14)7-3-2-6(15)4-8(7)22-10/h2-5H,1H3,(H3,16,17,18,20). The van der Waals surface area contributed by atoms with E-state index in [9.17, 15) is 18.8 Å². The van der Waals surface area contributed by atoms with Crippen LogP contribution in [0, 0.1) is 5.82 Å². The number of nitrogens with two attached hydrogens (primary N) is 1. The minimum absolute atomic E-state index is 0.0426. The van der Waals surface area contributed by atoms with E-state index in [2.05, 4.69) is 0 Å². The van der Waals surface area contributed by atoms with Gasteiger partial charge < -0.3 is 10.5 Å². The SMILES string of the molecule is CC(OC(=O)c1sc2cc(F)ccc2c1Cl)C(=O)NC(N)=O. The number of imide groups is 1. The van der Waals surface area contributed by atoms with Crippen molar-refractivity contribution in [3.05, 3.63) is 33.9 Å². The molecule has 0 spiro atoms. The molecular weight excluding hydrogens is 335 g/mol. The van der Waals surface area contributed by atoms with Crippen LogP contribution in [0.5, 0.6) is 0 Å². The van der Waals surface area contributed by atoms with Gasteiger partial charge in [0.15, 0.2) is 6.10 Å². The maximum absolute atomic E-state index is 13.2. The van der Waals surface area contributed by atoms with Gasteiger partial charge in [0.2, 0.25) is 0 Å². The van der Waals surface area contributed by atoms with Crippen molar-refractivity contribution in [1.29, 1.82) is 0 Å². The molecule has 0 bridgehead atoms. The molecule has 0 aliphatic rings. The summed E-state index contributed by atoms with van der Waals surface area (Å²) in [6.45, 7) is 1.27. The highest BCUT2D eigenvalue weighted by Crippen LogP contribution is 2.36. The summed E-state index contributed by atoms with van der Waals surface area (Å²) in [6.07, 6.45) is -1.24. The van der Waals surface area contributed by atoms with Crippen LogP contribution in [0.3, 0.4) is 0 Å². The molecule has 2 aromatic rings. The molecule has 0 aliphatic carbocycles. The molecule has 2 rings (SSSR count). The smallest absolute Gasteiger partial charge is 0.350 e. The summed E-state index contributed by atoms with van der Waals surface area (Å²) in [6, 6.07) is 2.86. The van der Waals surface area contributed by atoms with Crippen molar-refractivity contribution in [1.82, 2.24) is 5.32 Å². The van der Waals surface area contributed by atoms with Gasteiger partial charge in [-0.05, 0) is 25.1 Å². The van der Waals surface area contributed by atoms with Crippen molar-refractivity contribution in [2.75, 3.05) is 0 Å². The van der Waals surface area contributed by atoms with Gasteiger partial charge in [0.1, 0.15) is 10.7 Å². The third-order valence-corrected chi connectivity index (χ3v) is 4.31. The molecule has 0 fully saturated rings. The highest BCUT2D eigenvalue weighted by atomic mass is 35.5. The average Bonchev–Trinajstić information content (AvgIpc) is 2.74. The number of hydrogen-bond acceptors (Lipinski definition) is 5. The average molecular weight is 345 g/mol. The predicted octanol–water partition coefficient (Wildman–Crippen LogP) is 2.43. The maximum atomic E-state index is 13.2. The summed E-state index contributed by atoms with van der Waals surface area (Å²) in [5.41, 5.74) is 4.80. The van der Waals surface area contributed by atoms with Gasteiger partial charge in [-0.2, -0.15) is 0 Å². The lowest BCUT2D eigenvalue weighted by molar-refractivity contribution is -0.127. The fourth-order valence-electron chi connectivity index (χ4n) is 1.66. The monoisotopic (exact) mass is 344 g/mol. The first-order valence-electron chi connectivity index (χ1n) is 5.98. The second-order valence-corrected chi connectivity index (χ2v) is 5.72. The van der Waals surface area contributed by atoms with Gasteiger partial charge >= 0.3 is 12.0 Å². The van der Waals surface area contributed by atoms with Crippen molar-refractivity contribution in [2.45, 2.75) is 13.0 Å². The van der Waals surface area contributed by atoms with Crippen molar-refractivity contribution in [2.24, 2.45) is 5.73 Å². The van der Waals surface area contributed by atoms with E-state index in [-0.39, 0.29) is 9.90 Å². The summed E-state index contributed by atoms with van der Waals surface area (Å²) in [5.74, 6) is -2.16. The van der Waals surface area contributed by atoms with Crippen LogP contribution in [-0.4, -0.2) is 24.0 Å². The molecule has 6 nitrogen and oxygen atoms in total. The van der Waals surface area contributed by atoms with Gasteiger partial charge in [-0.3, -0.25) is 10.1 Å². The predicted molar refractivity (Wildman–Crippen MR) is 79.4 cm³/mol. The van der Waals surface area contributed by atoms with Gasteiger partial charge in [-0.25, -0.2) is 14.0 Å². The van der Waals surface area contributed by atoms with Gasteiger partial charge in [-0.15, -0.1) is 11.3 Å². The van der Waals surface area contributed by atoms with Crippen LogP contribution in [0.1, 0.15) is 16.6 Å². The number of halogens is 2. The molecule has 0 saturated carbocycles. The number of thiophene rings is 1. The maximum Gasteiger partial charge on any atom is 0.350 e. The Balaban J connectivity index is 2.21. The Kier molecular flexibility index (Phi) is 4.62. The van der Waals surface area contributed by atoms with Gasteiger partial charge in [0.05, 0.1) is 5.02 Å². The first-order valence-corrected chi connectivity index (χ1v) is 7.18. The first-order chi connectivity index (χ1) is 10.3. The minimum Gasteiger partial charge on any atom is -0.448 e. The van der Waals surface area contributed by atoms with Crippen LogP contribution < -0.4 is 11.1 Å². The number of carbonyl (C=O) groups excluding carboxylic acids is 3. The van der Waals surface area contributed by atoms with Crippen molar-refractivity contribution < 1.29 is 23.5 Å². The number of esters is 1. The van der Waals surface area contributed by atoms with Crippen LogP contribution in [-0.2, 0) is 9.53 Å². The number of amides is 3. The van der Waals surface area contributed by atoms with Crippen LogP contribution in [0.2, 0.25) is 5.02 Å². The summed E-state index contributed by atoms with van der Waals surface area (Å²) in [5, 5.41) is 2.42. The van der Waals surface area contributed by atoms with E-state index in [0.717, 1.165) is 11.3 Å². The zero-order valence-corrected chi connectivity index (χ0v) is 12.8. The second kappa shape index (κ2) is 6.29. The van der Waals surface area contributed by atoms with Gasteiger partial charge in [0.25, 0.3) is 5.91 Å². The molecule has 0 aliphatic heterocycles. The van der Waals surface area contributed by atoms with Gasteiger partial charge in [0, 0.05) is 10.1 Å². The van der Waals surface area contributed by atoms with Crippen molar-refractivity contribution in [3.8, 4) is 0 Å². The number of fused-ring (bicyclic) bond motifs is 1. The number of ether oxygens (including phenoxy) is 1. The Hall–Kier alpha value is -2.19. The summed E-state index contributed by atoms with van der Waals surface area (Å²) >= 11 is 7.01. The molecule has 1 aromatic heterocycles. The Morgan fingerprint density at radius 3 is 2.73 bits per heavy atom. The number of nitrogens with one attached hydrogen (secondary N) is 1. The van der Waals surface area contributed by atoms with Crippen LogP contribution in [0.4, 0.5) is 9.18 Å². The normalized spacial score (nSPS) is 12.0. The Bertz CT molecular complexity index is 777. The molecule has 1 heterocycles. The topological polar surface area (TPSA) is 98.5 Å². The van der Waals surface area contributed by atoms with E-state index in [1.165, 1.54) is 25.1 Å². The second-order valence-electron chi connectivity index (χ2n) is 4.29. The fraction of sp³-hybridized carbons (Fsp3) is 0.154. The summed E-state index contributed by atoms with van der Waals surface area (Å²) < 4.78 is 18.6. The lowest BCUT2D eigenvalue weighted by Gasteiger charge is -2.11. The van der Waals surface area contributed by atoms with E-state index >= 15 is 0 Å². The van der Waals surface area contributed by atoms with E-state index in [0.29, 0.717) is 10.1 Å². The molecule has 1 unspecified atom stereocenters. The van der Waals surface area contributed by atoms with Crippen molar-refractivity contribution >= 4 is 50.9 Å². The number of hydrogen-bond donors (Lipinski definition) is 2. The van der Waals surface area contributed by atoms with E-state index in [1.807, 2.05) is 0 Å². The minimum atomic E-state index is -1.24. The van der Waals surface area contributed by atoms with Crippen molar-refractivity contribution in [3.63, 3.8) is 0 Å². The Morgan fingerprint density at radius 1 is 1.41 bits per heavy atom. The largest absolute Gasteiger partial charge is 0.448 e. The molecule has 1 atom stereocenters. The molecule has 22 heavy (non-hydrogen) atoms. The third kappa shape index (κ3) is 3.34. The molecule has 3 amide bonds. The molecule has 9 heteroatoms. The number of primary amides is 1. The molecule has 116 valence electrons. The highest BCUT2D eigenvalue weighted by molar-refractivity contribution is 7.21. The highest BCUT2D eigenvalue weighted by Gasteiger charge is 2.24. The molecule has 3 N–H and O–H groups in total. The number of urea groups is 1. The Labute approximate surface area is 133 Å². The number of rotatable bonds is 3. The zero-order valence-electron chi connectivity index (χ0n) is 11.2. The molecule has 0 radical (unpaired) electrons. The first kappa shape index (κ1) is 16.2. The van der Waals surface area contributed by atoms with Gasteiger partial charge in [-0.1, -0.05) is 11.6 Å². The number of carbonyl (C=O) groups is 3. The third-order valence-electron chi connectivity index (χ3n) is 2.68. The van der Waals surface area contributed by atoms with E-state index in [4.69, 9.17) is 22.1 Å². The quantitative estimate of drug-likeness (QED) is 0.835. The van der Waals surface area contributed by atoms with Crippen LogP contribution in [0.25, 0.3) is 10.1 Å².